The Hall–Kier alpha value is -1.68. The fraction of sp³-hybridized carbons (Fsp3) is 0.556. The third-order valence-electron chi connectivity index (χ3n) is 5.24. The molecule has 0 radical (unpaired) electrons. The van der Waals surface area contributed by atoms with Gasteiger partial charge in [-0.2, -0.15) is 17.6 Å². The molecule has 0 saturated heterocycles. The largest absolute Gasteiger partial charge is 0.743 e. The first-order valence-electron chi connectivity index (χ1n) is 9.28. The van der Waals surface area contributed by atoms with E-state index < -0.39 is 58.0 Å². The summed E-state index contributed by atoms with van der Waals surface area (Å²) >= 11 is 1.96. The first-order valence-corrected chi connectivity index (χ1v) is 11.8. The first-order chi connectivity index (χ1) is 14.7. The van der Waals surface area contributed by atoms with Crippen molar-refractivity contribution >= 4 is 44.6 Å². The monoisotopic (exact) mass is 595 g/mol. The first kappa shape index (κ1) is 25.0. The minimum absolute atomic E-state index is 0.103. The Morgan fingerprint density at radius 1 is 1.22 bits per heavy atom. The highest BCUT2D eigenvalue weighted by molar-refractivity contribution is 14.1. The van der Waals surface area contributed by atoms with E-state index in [1.807, 2.05) is 22.6 Å². The van der Waals surface area contributed by atoms with Crippen LogP contribution >= 0.6 is 22.6 Å². The summed E-state index contributed by atoms with van der Waals surface area (Å²) in [6, 6.07) is 5.02. The van der Waals surface area contributed by atoms with E-state index in [2.05, 4.69) is 4.74 Å². The van der Waals surface area contributed by atoms with Crippen LogP contribution in [0.3, 0.4) is 0 Å². The van der Waals surface area contributed by atoms with Gasteiger partial charge in [0.15, 0.2) is 10.1 Å². The number of carbonyl (C=O) groups is 2. The Kier molecular flexibility index (Phi) is 6.70. The molecule has 0 bridgehead atoms. The van der Waals surface area contributed by atoms with Gasteiger partial charge < -0.3 is 18.8 Å². The predicted octanol–water partition coefficient (Wildman–Crippen LogP) is 3.43. The van der Waals surface area contributed by atoms with Crippen LogP contribution in [0.25, 0.3) is 0 Å². The molecule has 3 rings (SSSR count). The standard InChI is InChI=1S/C18H17F4IO8S/c19-17(20,18(21,22)32(26,27)28)8-9-29-14(24)10-4-6-16(7-5-10)30-12-3-1-2-11(23)13(12)15(25)31-16/h1-3,10H,4-9H2,(H,26,27,28)/p-1. The van der Waals surface area contributed by atoms with E-state index >= 15 is 0 Å². The summed E-state index contributed by atoms with van der Waals surface area (Å²) in [6.07, 6.45) is -1.43. The molecule has 1 spiro atoms. The molecule has 1 saturated carbocycles. The molecular formula is C18H16F4IO8S-. The molecule has 2 aliphatic rings. The fourth-order valence-electron chi connectivity index (χ4n) is 3.45. The highest BCUT2D eigenvalue weighted by Gasteiger charge is 2.61. The van der Waals surface area contributed by atoms with Crippen molar-refractivity contribution < 1.29 is 54.3 Å². The summed E-state index contributed by atoms with van der Waals surface area (Å²) in [5, 5.41) is -5.83. The van der Waals surface area contributed by atoms with E-state index in [4.69, 9.17) is 9.47 Å². The molecule has 14 heteroatoms. The number of halogens is 5. The van der Waals surface area contributed by atoms with Crippen molar-refractivity contribution in [2.24, 2.45) is 5.92 Å². The van der Waals surface area contributed by atoms with Crippen molar-refractivity contribution in [1.82, 2.24) is 0 Å². The molecule has 0 N–H and O–H groups in total. The van der Waals surface area contributed by atoms with Gasteiger partial charge in [-0.25, -0.2) is 13.2 Å². The van der Waals surface area contributed by atoms with E-state index in [0.29, 0.717) is 9.32 Å². The zero-order chi connectivity index (χ0) is 23.9. The minimum atomic E-state index is -6.61. The normalized spacial score (nSPS) is 23.8. The summed E-state index contributed by atoms with van der Waals surface area (Å²) in [4.78, 5) is 24.5. The van der Waals surface area contributed by atoms with Gasteiger partial charge in [0.05, 0.1) is 18.9 Å². The molecule has 1 aromatic carbocycles. The average molecular weight is 595 g/mol. The van der Waals surface area contributed by atoms with Gasteiger partial charge >= 0.3 is 23.1 Å². The van der Waals surface area contributed by atoms with Gasteiger partial charge in [0.2, 0.25) is 0 Å². The summed E-state index contributed by atoms with van der Waals surface area (Å²) in [5.74, 6) is -8.49. The lowest BCUT2D eigenvalue weighted by molar-refractivity contribution is -0.187. The second-order valence-electron chi connectivity index (χ2n) is 7.38. The zero-order valence-corrected chi connectivity index (χ0v) is 19.1. The van der Waals surface area contributed by atoms with Gasteiger partial charge in [0.1, 0.15) is 11.3 Å². The highest BCUT2D eigenvalue weighted by atomic mass is 127. The summed E-state index contributed by atoms with van der Waals surface area (Å²) < 4.78 is 101. The van der Waals surface area contributed by atoms with Crippen LogP contribution in [0.5, 0.6) is 5.75 Å². The Morgan fingerprint density at radius 3 is 2.44 bits per heavy atom. The second-order valence-corrected chi connectivity index (χ2v) is 9.97. The molecule has 0 amide bonds. The number of hydrogen-bond donors (Lipinski definition) is 0. The number of benzene rings is 1. The summed E-state index contributed by atoms with van der Waals surface area (Å²) in [5.41, 5.74) is 0.290. The fourth-order valence-corrected chi connectivity index (χ4v) is 4.61. The van der Waals surface area contributed by atoms with Gasteiger partial charge in [-0.3, -0.25) is 4.79 Å². The highest BCUT2D eigenvalue weighted by Crippen LogP contribution is 2.43. The van der Waals surface area contributed by atoms with Gasteiger partial charge in [-0.15, -0.1) is 0 Å². The van der Waals surface area contributed by atoms with E-state index in [1.54, 1.807) is 18.2 Å². The van der Waals surface area contributed by atoms with E-state index in [-0.39, 0.29) is 31.2 Å². The summed E-state index contributed by atoms with van der Waals surface area (Å²) in [6.45, 7) is -1.21. The molecule has 0 unspecified atom stereocenters. The lowest BCUT2D eigenvalue weighted by Gasteiger charge is -2.41. The van der Waals surface area contributed by atoms with Gasteiger partial charge in [-0.05, 0) is 47.6 Å². The van der Waals surface area contributed by atoms with Crippen LogP contribution in [0.4, 0.5) is 17.6 Å². The lowest BCUT2D eigenvalue weighted by Crippen LogP contribution is -2.48. The zero-order valence-electron chi connectivity index (χ0n) is 16.1. The molecule has 1 heterocycles. The van der Waals surface area contributed by atoms with Crippen LogP contribution in [0, 0.1) is 9.49 Å². The predicted molar refractivity (Wildman–Crippen MR) is 105 cm³/mol. The van der Waals surface area contributed by atoms with Crippen LogP contribution in [0.2, 0.25) is 0 Å². The SMILES string of the molecule is O=C1OC2(CCC(C(=O)OCCC(F)(F)C(F)(F)S(=O)(=O)[O-])CC2)Oc2cccc(I)c21. The molecule has 0 atom stereocenters. The Balaban J connectivity index is 1.55. The number of fused-ring (bicyclic) bond motifs is 1. The van der Waals surface area contributed by atoms with Gasteiger partial charge in [-0.1, -0.05) is 6.07 Å². The Morgan fingerprint density at radius 2 is 1.84 bits per heavy atom. The van der Waals surface area contributed by atoms with Crippen LogP contribution in [0.1, 0.15) is 42.5 Å². The molecule has 178 valence electrons. The molecule has 1 aliphatic heterocycles. The van der Waals surface area contributed by atoms with Crippen molar-refractivity contribution in [3.8, 4) is 5.75 Å². The van der Waals surface area contributed by atoms with Crippen LogP contribution in [-0.4, -0.2) is 48.5 Å². The molecule has 32 heavy (non-hydrogen) atoms. The quantitative estimate of drug-likeness (QED) is 0.213. The summed E-state index contributed by atoms with van der Waals surface area (Å²) in [7, 11) is -6.61. The van der Waals surface area contributed by atoms with Gasteiger partial charge in [0, 0.05) is 16.4 Å². The molecule has 1 aliphatic carbocycles. The van der Waals surface area contributed by atoms with Crippen molar-refractivity contribution in [3.05, 3.63) is 27.3 Å². The van der Waals surface area contributed by atoms with Crippen molar-refractivity contribution in [2.45, 2.75) is 49.1 Å². The van der Waals surface area contributed by atoms with Crippen molar-refractivity contribution in [2.75, 3.05) is 6.61 Å². The lowest BCUT2D eigenvalue weighted by atomic mass is 9.84. The van der Waals surface area contributed by atoms with Crippen LogP contribution in [-0.2, 0) is 24.4 Å². The maximum atomic E-state index is 13.4. The molecule has 1 fully saturated rings. The minimum Gasteiger partial charge on any atom is -0.743 e. The smallest absolute Gasteiger partial charge is 0.396 e. The van der Waals surface area contributed by atoms with E-state index in [0.717, 1.165) is 0 Å². The molecule has 8 nitrogen and oxygen atoms in total. The number of rotatable bonds is 6. The number of ether oxygens (including phenoxy) is 3. The third kappa shape index (κ3) is 4.66. The van der Waals surface area contributed by atoms with E-state index in [1.165, 1.54) is 0 Å². The van der Waals surface area contributed by atoms with Crippen LogP contribution in [0.15, 0.2) is 18.2 Å². The topological polar surface area (TPSA) is 119 Å². The molecular weight excluding hydrogens is 579 g/mol. The van der Waals surface area contributed by atoms with E-state index in [9.17, 15) is 40.1 Å². The Bertz CT molecular complexity index is 1020. The number of carbonyl (C=O) groups excluding carboxylic acids is 2. The third-order valence-corrected chi connectivity index (χ3v) is 7.06. The molecule has 0 aromatic heterocycles. The van der Waals surface area contributed by atoms with Crippen molar-refractivity contribution in [3.63, 3.8) is 0 Å². The number of esters is 2. The maximum Gasteiger partial charge on any atom is 0.396 e. The molecule has 1 aromatic rings. The van der Waals surface area contributed by atoms with Crippen LogP contribution < -0.4 is 4.74 Å². The number of alkyl halides is 4. The van der Waals surface area contributed by atoms with Gasteiger partial charge in [0.25, 0.3) is 5.79 Å². The van der Waals surface area contributed by atoms with Crippen molar-refractivity contribution in [1.29, 1.82) is 0 Å². The maximum absolute atomic E-state index is 13.4. The second kappa shape index (κ2) is 8.59. The average Bonchev–Trinajstić information content (AvgIpc) is 2.67. The number of hydrogen-bond acceptors (Lipinski definition) is 8. The Labute approximate surface area is 193 Å².